The molecule has 1 aliphatic carbocycles. The van der Waals surface area contributed by atoms with E-state index in [1.807, 2.05) is 0 Å². The molecule has 1 aliphatic rings. The Bertz CT molecular complexity index is 380. The van der Waals surface area contributed by atoms with Crippen molar-refractivity contribution in [2.75, 3.05) is 0 Å². The number of allylic oxidation sites excluding steroid dienone is 1. The molecule has 1 fully saturated rings. The van der Waals surface area contributed by atoms with Crippen molar-refractivity contribution in [1.29, 1.82) is 0 Å². The van der Waals surface area contributed by atoms with E-state index in [1.165, 1.54) is 29.5 Å². The smallest absolute Gasteiger partial charge is 0.0895 e. The van der Waals surface area contributed by atoms with Crippen molar-refractivity contribution in [3.63, 3.8) is 0 Å². The van der Waals surface area contributed by atoms with Crippen LogP contribution in [0.4, 0.5) is 0 Å². The summed E-state index contributed by atoms with van der Waals surface area (Å²) in [4.78, 5) is 0. The van der Waals surface area contributed by atoms with E-state index in [9.17, 15) is 5.11 Å². The van der Waals surface area contributed by atoms with Gasteiger partial charge in [0.25, 0.3) is 0 Å². The molecule has 1 saturated carbocycles. The maximum atomic E-state index is 9.44. The predicted octanol–water partition coefficient (Wildman–Crippen LogP) is 4.30. The van der Waals surface area contributed by atoms with Crippen LogP contribution < -0.4 is 0 Å². The third-order valence-electron chi connectivity index (χ3n) is 3.27. The fourth-order valence-electron chi connectivity index (χ4n) is 2.35. The van der Waals surface area contributed by atoms with E-state index in [2.05, 4.69) is 38.6 Å². The highest BCUT2D eigenvalue weighted by molar-refractivity contribution is 5.42. The van der Waals surface area contributed by atoms with E-state index < -0.39 is 0 Å². The van der Waals surface area contributed by atoms with E-state index in [0.717, 1.165) is 5.92 Å². The zero-order valence-electron chi connectivity index (χ0n) is 10.2. The quantitative estimate of drug-likeness (QED) is 0.744. The molecule has 1 N–H and O–H groups in total. The van der Waals surface area contributed by atoms with Crippen LogP contribution in [0.2, 0.25) is 0 Å². The van der Waals surface area contributed by atoms with Crippen molar-refractivity contribution in [3.8, 4) is 0 Å². The highest BCUT2D eigenvalue weighted by Crippen LogP contribution is 2.43. The molecule has 16 heavy (non-hydrogen) atoms. The molecule has 0 aliphatic heterocycles. The molecule has 0 bridgehead atoms. The van der Waals surface area contributed by atoms with Gasteiger partial charge in [0.2, 0.25) is 0 Å². The van der Waals surface area contributed by atoms with Gasteiger partial charge in [0.1, 0.15) is 0 Å². The van der Waals surface area contributed by atoms with Crippen LogP contribution in [0.25, 0.3) is 0 Å². The van der Waals surface area contributed by atoms with Crippen LogP contribution in [0.15, 0.2) is 30.5 Å². The average molecular weight is 216 g/mol. The lowest BCUT2D eigenvalue weighted by Gasteiger charge is -2.16. The highest BCUT2D eigenvalue weighted by Gasteiger charge is 2.27. The molecule has 0 spiro atoms. The van der Waals surface area contributed by atoms with Crippen LogP contribution in [0.3, 0.4) is 0 Å². The minimum Gasteiger partial charge on any atom is -0.513 e. The molecule has 0 aromatic heterocycles. The number of benzene rings is 1. The summed E-state index contributed by atoms with van der Waals surface area (Å²) >= 11 is 0. The van der Waals surface area contributed by atoms with Crippen molar-refractivity contribution < 1.29 is 5.11 Å². The number of hydrogen-bond donors (Lipinski definition) is 1. The first-order valence-corrected chi connectivity index (χ1v) is 6.08. The Balaban J connectivity index is 2.43. The van der Waals surface area contributed by atoms with Crippen molar-refractivity contribution >= 4 is 0 Å². The third-order valence-corrected chi connectivity index (χ3v) is 3.27. The van der Waals surface area contributed by atoms with Gasteiger partial charge in [0.05, 0.1) is 5.76 Å². The van der Waals surface area contributed by atoms with E-state index in [0.29, 0.717) is 12.3 Å². The van der Waals surface area contributed by atoms with Crippen molar-refractivity contribution in [2.24, 2.45) is 0 Å². The predicted molar refractivity (Wildman–Crippen MR) is 68.0 cm³/mol. The maximum Gasteiger partial charge on any atom is 0.0895 e. The second-order valence-electron chi connectivity index (χ2n) is 5.09. The fourth-order valence-corrected chi connectivity index (χ4v) is 2.35. The molecule has 0 saturated heterocycles. The van der Waals surface area contributed by atoms with Gasteiger partial charge in [-0.2, -0.15) is 0 Å². The van der Waals surface area contributed by atoms with Crippen LogP contribution in [0.1, 0.15) is 55.2 Å². The molecular formula is C15H20O. The van der Waals surface area contributed by atoms with Crippen LogP contribution in [-0.4, -0.2) is 5.11 Å². The second kappa shape index (κ2) is 4.32. The molecule has 86 valence electrons. The number of aliphatic hydroxyl groups is 1. The Morgan fingerprint density at radius 2 is 2.12 bits per heavy atom. The number of rotatable bonds is 4. The van der Waals surface area contributed by atoms with Gasteiger partial charge in [0.15, 0.2) is 0 Å². The van der Waals surface area contributed by atoms with Gasteiger partial charge in [-0.1, -0.05) is 38.6 Å². The molecule has 0 heterocycles. The van der Waals surface area contributed by atoms with Gasteiger partial charge in [0, 0.05) is 6.42 Å². The summed E-state index contributed by atoms with van der Waals surface area (Å²) in [6, 6.07) is 6.53. The topological polar surface area (TPSA) is 20.2 Å². The first-order valence-electron chi connectivity index (χ1n) is 6.08. The van der Waals surface area contributed by atoms with E-state index in [1.54, 1.807) is 0 Å². The van der Waals surface area contributed by atoms with Crippen molar-refractivity contribution in [1.82, 2.24) is 0 Å². The Morgan fingerprint density at radius 3 is 2.62 bits per heavy atom. The zero-order chi connectivity index (χ0) is 11.7. The zero-order valence-corrected chi connectivity index (χ0v) is 10.2. The lowest BCUT2D eigenvalue weighted by atomic mass is 9.89. The summed E-state index contributed by atoms with van der Waals surface area (Å²) in [7, 11) is 0. The third kappa shape index (κ3) is 2.29. The molecule has 0 unspecified atom stereocenters. The second-order valence-corrected chi connectivity index (χ2v) is 5.09. The largest absolute Gasteiger partial charge is 0.513 e. The van der Waals surface area contributed by atoms with Gasteiger partial charge in [-0.05, 0) is 41.4 Å². The SMILES string of the molecule is C=C(O)Cc1c(C(C)C)cccc1C1CC1. The molecule has 0 atom stereocenters. The lowest BCUT2D eigenvalue weighted by molar-refractivity contribution is 0.400. The van der Waals surface area contributed by atoms with Crippen LogP contribution in [-0.2, 0) is 6.42 Å². The highest BCUT2D eigenvalue weighted by atomic mass is 16.3. The monoisotopic (exact) mass is 216 g/mol. The molecule has 2 rings (SSSR count). The van der Waals surface area contributed by atoms with Gasteiger partial charge in [-0.3, -0.25) is 0 Å². The first kappa shape index (κ1) is 11.3. The first-order chi connectivity index (χ1) is 7.59. The summed E-state index contributed by atoms with van der Waals surface area (Å²) in [5.74, 6) is 1.51. The van der Waals surface area contributed by atoms with E-state index in [-0.39, 0.29) is 5.76 Å². The van der Waals surface area contributed by atoms with Gasteiger partial charge in [-0.25, -0.2) is 0 Å². The molecule has 1 aromatic carbocycles. The van der Waals surface area contributed by atoms with Gasteiger partial charge < -0.3 is 5.11 Å². The minimum absolute atomic E-state index is 0.273. The molecule has 1 heteroatoms. The van der Waals surface area contributed by atoms with Crippen LogP contribution in [0, 0.1) is 0 Å². The molecule has 0 amide bonds. The van der Waals surface area contributed by atoms with Crippen LogP contribution >= 0.6 is 0 Å². The van der Waals surface area contributed by atoms with Gasteiger partial charge >= 0.3 is 0 Å². The normalized spacial score (nSPS) is 15.4. The molecular weight excluding hydrogens is 196 g/mol. The summed E-state index contributed by atoms with van der Waals surface area (Å²) < 4.78 is 0. The Labute approximate surface area is 97.8 Å². The summed E-state index contributed by atoms with van der Waals surface area (Å²) in [5, 5.41) is 9.44. The van der Waals surface area contributed by atoms with Crippen molar-refractivity contribution in [3.05, 3.63) is 47.2 Å². The lowest BCUT2D eigenvalue weighted by Crippen LogP contribution is -2.02. The standard InChI is InChI=1S/C15H20O/c1-10(2)13-5-4-6-14(12-7-8-12)15(13)9-11(3)16/h4-6,10,12,16H,3,7-9H2,1-2H3. The Morgan fingerprint density at radius 1 is 1.44 bits per heavy atom. The van der Waals surface area contributed by atoms with Crippen molar-refractivity contribution in [2.45, 2.75) is 44.9 Å². The molecule has 0 radical (unpaired) electrons. The van der Waals surface area contributed by atoms with E-state index >= 15 is 0 Å². The minimum atomic E-state index is 0.273. The Hall–Kier alpha value is -1.24. The molecule has 1 nitrogen and oxygen atoms in total. The summed E-state index contributed by atoms with van der Waals surface area (Å²) in [6.07, 6.45) is 3.21. The average Bonchev–Trinajstić information content (AvgIpc) is 3.00. The maximum absolute atomic E-state index is 9.44. The molecule has 1 aromatic rings. The summed E-state index contributed by atoms with van der Waals surface area (Å²) in [5.41, 5.74) is 4.11. The summed E-state index contributed by atoms with van der Waals surface area (Å²) in [6.45, 7) is 8.04. The Kier molecular flexibility index (Phi) is 3.04. The van der Waals surface area contributed by atoms with Gasteiger partial charge in [-0.15, -0.1) is 0 Å². The fraction of sp³-hybridized carbons (Fsp3) is 0.467. The van der Waals surface area contributed by atoms with E-state index in [4.69, 9.17) is 0 Å². The number of hydrogen-bond acceptors (Lipinski definition) is 1. The van der Waals surface area contributed by atoms with Crippen LogP contribution in [0.5, 0.6) is 0 Å². The number of aliphatic hydroxyl groups excluding tert-OH is 1.